The van der Waals surface area contributed by atoms with E-state index >= 15 is 0 Å². The summed E-state index contributed by atoms with van der Waals surface area (Å²) in [6, 6.07) is 8.79. The van der Waals surface area contributed by atoms with E-state index in [2.05, 4.69) is 4.98 Å². The lowest BCUT2D eigenvalue weighted by Gasteiger charge is -2.15. The summed E-state index contributed by atoms with van der Waals surface area (Å²) in [5.74, 6) is -1.59. The maximum Gasteiger partial charge on any atom is 0.276 e. The fourth-order valence-electron chi connectivity index (χ4n) is 3.52. The number of aromatic nitrogens is 2. The van der Waals surface area contributed by atoms with Crippen LogP contribution in [-0.2, 0) is 24.4 Å². The van der Waals surface area contributed by atoms with Crippen molar-refractivity contribution in [2.75, 3.05) is 11.4 Å². The second-order valence-corrected chi connectivity index (χ2v) is 7.58. The molecule has 6 nitrogen and oxygen atoms in total. The first-order valence-corrected chi connectivity index (χ1v) is 9.93. The first-order chi connectivity index (χ1) is 14.8. The van der Waals surface area contributed by atoms with E-state index in [1.807, 2.05) is 18.2 Å². The van der Waals surface area contributed by atoms with Gasteiger partial charge in [0.2, 0.25) is 11.8 Å². The van der Waals surface area contributed by atoms with Crippen LogP contribution in [0.15, 0.2) is 47.5 Å². The summed E-state index contributed by atoms with van der Waals surface area (Å²) < 4.78 is 33.5. The van der Waals surface area contributed by atoms with Crippen LogP contribution < -0.4 is 15.2 Å². The van der Waals surface area contributed by atoms with Gasteiger partial charge >= 0.3 is 0 Å². The lowest BCUT2D eigenvalue weighted by Crippen LogP contribution is -2.25. The molecule has 0 saturated heterocycles. The first kappa shape index (κ1) is 21.0. The maximum atomic E-state index is 13.7. The molecule has 1 aromatic heterocycles. The van der Waals surface area contributed by atoms with Gasteiger partial charge in [0.15, 0.2) is 5.02 Å². The molecule has 1 aliphatic rings. The predicted molar refractivity (Wildman–Crippen MR) is 111 cm³/mol. The molecular formula is C22H18ClF2N3O3. The van der Waals surface area contributed by atoms with E-state index in [4.69, 9.17) is 16.3 Å². The van der Waals surface area contributed by atoms with Gasteiger partial charge in [-0.3, -0.25) is 14.2 Å². The van der Waals surface area contributed by atoms with Crippen LogP contribution in [0.2, 0.25) is 5.02 Å². The Morgan fingerprint density at radius 1 is 1.23 bits per heavy atom. The minimum atomic E-state index is -0.760. The van der Waals surface area contributed by atoms with Gasteiger partial charge in [-0.2, -0.15) is 0 Å². The van der Waals surface area contributed by atoms with Crippen molar-refractivity contribution in [2.45, 2.75) is 26.5 Å². The third kappa shape index (κ3) is 4.29. The van der Waals surface area contributed by atoms with Crippen molar-refractivity contribution < 1.29 is 18.3 Å². The Bertz CT molecular complexity index is 1230. The second-order valence-electron chi connectivity index (χ2n) is 7.20. The average Bonchev–Trinajstić information content (AvgIpc) is 3.15. The third-order valence-electron chi connectivity index (χ3n) is 5.10. The minimum absolute atomic E-state index is 0.00481. The number of fused-ring (bicyclic) bond motifs is 1. The smallest absolute Gasteiger partial charge is 0.276 e. The summed E-state index contributed by atoms with van der Waals surface area (Å²) in [5.41, 5.74) is 2.40. The molecule has 3 aromatic rings. The summed E-state index contributed by atoms with van der Waals surface area (Å²) >= 11 is 6.12. The summed E-state index contributed by atoms with van der Waals surface area (Å²) in [6.07, 6.45) is 2.06. The minimum Gasteiger partial charge on any atom is -0.471 e. The monoisotopic (exact) mass is 445 g/mol. The molecule has 0 N–H and O–H groups in total. The Hall–Kier alpha value is -3.26. The van der Waals surface area contributed by atoms with Crippen molar-refractivity contribution in [3.8, 4) is 5.88 Å². The van der Waals surface area contributed by atoms with Crippen LogP contribution in [0.1, 0.15) is 23.6 Å². The Labute approximate surface area is 181 Å². The number of anilines is 1. The summed E-state index contributed by atoms with van der Waals surface area (Å²) in [6.45, 7) is 2.16. The normalized spacial score (nSPS) is 12.7. The number of benzene rings is 2. The SMILES string of the molecule is CC(=O)N1CCc2cc(Cn3cnc(OCc4ccc(F)cc4F)c(Cl)c3=O)ccc21. The molecular weight excluding hydrogens is 428 g/mol. The Morgan fingerprint density at radius 3 is 2.77 bits per heavy atom. The number of ether oxygens (including phenoxy) is 1. The number of amides is 1. The fourth-order valence-corrected chi connectivity index (χ4v) is 3.74. The molecule has 9 heteroatoms. The summed E-state index contributed by atoms with van der Waals surface area (Å²) in [5, 5.41) is -0.228. The van der Waals surface area contributed by atoms with Gasteiger partial charge in [0.05, 0.1) is 6.54 Å². The standard InChI is InChI=1S/C22H18ClF2N3O3/c1-13(29)28-7-6-15-8-14(2-5-19(15)28)10-27-12-26-21(20(23)22(27)30)31-11-16-3-4-17(24)9-18(16)25/h2-5,8-9,12H,6-7,10-11H2,1H3. The number of hydrogen-bond acceptors (Lipinski definition) is 4. The molecule has 1 aliphatic heterocycles. The van der Waals surface area contributed by atoms with Crippen molar-refractivity contribution in [1.82, 2.24) is 9.55 Å². The molecule has 0 fully saturated rings. The van der Waals surface area contributed by atoms with E-state index in [0.717, 1.165) is 35.4 Å². The number of halogens is 3. The van der Waals surface area contributed by atoms with E-state index in [0.29, 0.717) is 6.54 Å². The lowest BCUT2D eigenvalue weighted by atomic mass is 10.1. The highest BCUT2D eigenvalue weighted by molar-refractivity contribution is 6.31. The highest BCUT2D eigenvalue weighted by atomic mass is 35.5. The zero-order valence-electron chi connectivity index (χ0n) is 16.6. The van der Waals surface area contributed by atoms with Crippen LogP contribution in [0.4, 0.5) is 14.5 Å². The quantitative estimate of drug-likeness (QED) is 0.600. The van der Waals surface area contributed by atoms with E-state index in [1.165, 1.54) is 23.9 Å². The van der Waals surface area contributed by atoms with Crippen LogP contribution in [-0.4, -0.2) is 22.0 Å². The lowest BCUT2D eigenvalue weighted by molar-refractivity contribution is -0.116. The van der Waals surface area contributed by atoms with Crippen LogP contribution in [0.25, 0.3) is 0 Å². The molecule has 0 bridgehead atoms. The highest BCUT2D eigenvalue weighted by Gasteiger charge is 2.22. The van der Waals surface area contributed by atoms with Crippen LogP contribution in [0.5, 0.6) is 5.88 Å². The molecule has 1 amide bonds. The van der Waals surface area contributed by atoms with E-state index < -0.39 is 17.2 Å². The van der Waals surface area contributed by atoms with Gasteiger partial charge in [-0.15, -0.1) is 0 Å². The second kappa shape index (κ2) is 8.47. The van der Waals surface area contributed by atoms with Crippen molar-refractivity contribution in [2.24, 2.45) is 0 Å². The molecule has 0 radical (unpaired) electrons. The zero-order chi connectivity index (χ0) is 22.1. The van der Waals surface area contributed by atoms with Crippen molar-refractivity contribution in [3.05, 3.63) is 86.4 Å². The van der Waals surface area contributed by atoms with Gasteiger partial charge in [-0.05, 0) is 35.7 Å². The molecule has 0 atom stereocenters. The zero-order valence-corrected chi connectivity index (χ0v) is 17.3. The largest absolute Gasteiger partial charge is 0.471 e. The van der Waals surface area contributed by atoms with Gasteiger partial charge in [-0.25, -0.2) is 13.8 Å². The Balaban J connectivity index is 1.50. The third-order valence-corrected chi connectivity index (χ3v) is 5.43. The van der Waals surface area contributed by atoms with Crippen LogP contribution in [0, 0.1) is 11.6 Å². The number of carbonyl (C=O) groups is 1. The molecule has 31 heavy (non-hydrogen) atoms. The molecule has 0 aliphatic carbocycles. The fraction of sp³-hybridized carbons (Fsp3) is 0.227. The van der Waals surface area contributed by atoms with Gasteiger partial charge in [0.1, 0.15) is 24.6 Å². The number of hydrogen-bond donors (Lipinski definition) is 0. The van der Waals surface area contributed by atoms with Crippen molar-refractivity contribution >= 4 is 23.2 Å². The molecule has 2 heterocycles. The van der Waals surface area contributed by atoms with E-state index in [1.54, 1.807) is 4.90 Å². The molecule has 4 rings (SSSR count). The molecule has 0 spiro atoms. The Morgan fingerprint density at radius 2 is 2.03 bits per heavy atom. The Kier molecular flexibility index (Phi) is 5.73. The highest BCUT2D eigenvalue weighted by Crippen LogP contribution is 2.29. The van der Waals surface area contributed by atoms with E-state index in [-0.39, 0.29) is 35.5 Å². The molecule has 2 aromatic carbocycles. The number of carbonyl (C=O) groups excluding carboxylic acids is 1. The summed E-state index contributed by atoms with van der Waals surface area (Å²) in [7, 11) is 0. The van der Waals surface area contributed by atoms with Crippen molar-refractivity contribution in [3.63, 3.8) is 0 Å². The molecule has 0 unspecified atom stereocenters. The maximum absolute atomic E-state index is 13.7. The molecule has 0 saturated carbocycles. The topological polar surface area (TPSA) is 64.4 Å². The molecule has 160 valence electrons. The van der Waals surface area contributed by atoms with Gasteiger partial charge in [-0.1, -0.05) is 23.7 Å². The number of nitrogens with zero attached hydrogens (tertiary/aromatic N) is 3. The predicted octanol–water partition coefficient (Wildman–Crippen LogP) is 3.71. The van der Waals surface area contributed by atoms with Crippen LogP contribution in [0.3, 0.4) is 0 Å². The average molecular weight is 446 g/mol. The van der Waals surface area contributed by atoms with Crippen molar-refractivity contribution in [1.29, 1.82) is 0 Å². The van der Waals surface area contributed by atoms with E-state index in [9.17, 15) is 18.4 Å². The van der Waals surface area contributed by atoms with Gasteiger partial charge in [0, 0.05) is 30.8 Å². The first-order valence-electron chi connectivity index (χ1n) is 9.55. The van der Waals surface area contributed by atoms with Crippen LogP contribution >= 0.6 is 11.6 Å². The van der Waals surface area contributed by atoms with Gasteiger partial charge in [0.25, 0.3) is 5.56 Å². The number of rotatable bonds is 5. The summed E-state index contributed by atoms with van der Waals surface area (Å²) in [4.78, 5) is 30.1. The van der Waals surface area contributed by atoms with Gasteiger partial charge < -0.3 is 9.64 Å².